The van der Waals surface area contributed by atoms with Gasteiger partial charge in [-0.05, 0) is 24.0 Å². The first-order valence-corrected chi connectivity index (χ1v) is 5.96. The molecule has 0 fully saturated rings. The minimum atomic E-state index is 0.527. The van der Waals surface area contributed by atoms with Gasteiger partial charge >= 0.3 is 0 Å². The van der Waals surface area contributed by atoms with E-state index in [2.05, 4.69) is 42.0 Å². The molecule has 2 nitrogen and oxygen atoms in total. The molecule has 1 aromatic rings. The van der Waals surface area contributed by atoms with Crippen molar-refractivity contribution in [3.63, 3.8) is 0 Å². The molecule has 0 unspecified atom stereocenters. The number of aromatic nitrogens is 2. The van der Waals surface area contributed by atoms with Crippen LogP contribution >= 0.6 is 0 Å². The highest BCUT2D eigenvalue weighted by atomic mass is 14.8. The lowest BCUT2D eigenvalue weighted by molar-refractivity contribution is 0.849. The summed E-state index contributed by atoms with van der Waals surface area (Å²) in [4.78, 5) is 8.36. The van der Waals surface area contributed by atoms with E-state index in [1.165, 1.54) is 11.1 Å². The molecular formula is C14H20N2. The van der Waals surface area contributed by atoms with Crippen molar-refractivity contribution in [2.75, 3.05) is 0 Å². The molecule has 0 aliphatic heterocycles. The summed E-state index contributed by atoms with van der Waals surface area (Å²) in [6.07, 6.45) is 11.0. The molecular weight excluding hydrogens is 196 g/mol. The van der Waals surface area contributed by atoms with E-state index in [0.717, 1.165) is 12.1 Å². The van der Waals surface area contributed by atoms with E-state index < -0.39 is 0 Å². The van der Waals surface area contributed by atoms with Gasteiger partial charge in [-0.15, -0.1) is 0 Å². The van der Waals surface area contributed by atoms with E-state index in [9.17, 15) is 0 Å². The van der Waals surface area contributed by atoms with Crippen LogP contribution in [0.4, 0.5) is 0 Å². The molecule has 1 aliphatic rings. The van der Waals surface area contributed by atoms with E-state index in [4.69, 9.17) is 0 Å². The van der Waals surface area contributed by atoms with Crippen LogP contribution in [-0.4, -0.2) is 9.97 Å². The minimum Gasteiger partial charge on any atom is -0.244 e. The van der Waals surface area contributed by atoms with Crippen LogP contribution in [0.2, 0.25) is 0 Å². The quantitative estimate of drug-likeness (QED) is 0.710. The van der Waals surface area contributed by atoms with Gasteiger partial charge < -0.3 is 0 Å². The molecule has 1 aromatic heterocycles. The summed E-state index contributed by atoms with van der Waals surface area (Å²) >= 11 is 0. The first-order chi connectivity index (χ1) is 7.79. The SMILES string of the molecule is CC.CC(C)C1=CCC=Cc2ncncc21. The zero-order chi connectivity index (χ0) is 12.0. The Balaban J connectivity index is 0.000000606. The highest BCUT2D eigenvalue weighted by molar-refractivity contribution is 5.74. The largest absolute Gasteiger partial charge is 0.244 e. The summed E-state index contributed by atoms with van der Waals surface area (Å²) in [6, 6.07) is 0. The molecule has 2 heteroatoms. The average Bonchev–Trinajstić information content (AvgIpc) is 2.53. The summed E-state index contributed by atoms with van der Waals surface area (Å²) in [5, 5.41) is 0. The lowest BCUT2D eigenvalue weighted by Gasteiger charge is -2.11. The lowest BCUT2D eigenvalue weighted by atomic mass is 9.95. The van der Waals surface area contributed by atoms with E-state index in [1.807, 2.05) is 20.0 Å². The van der Waals surface area contributed by atoms with Gasteiger partial charge in [0.25, 0.3) is 0 Å². The van der Waals surface area contributed by atoms with Gasteiger partial charge in [-0.1, -0.05) is 39.8 Å². The number of rotatable bonds is 1. The Morgan fingerprint density at radius 2 is 2.00 bits per heavy atom. The molecule has 0 aromatic carbocycles. The van der Waals surface area contributed by atoms with Crippen LogP contribution in [0.25, 0.3) is 11.6 Å². The van der Waals surface area contributed by atoms with E-state index in [-0.39, 0.29) is 0 Å². The number of nitrogens with zero attached hydrogens (tertiary/aromatic N) is 2. The van der Waals surface area contributed by atoms with Crippen molar-refractivity contribution in [2.24, 2.45) is 5.92 Å². The van der Waals surface area contributed by atoms with Gasteiger partial charge in [-0.25, -0.2) is 9.97 Å². The monoisotopic (exact) mass is 216 g/mol. The molecule has 1 aliphatic carbocycles. The summed E-state index contributed by atoms with van der Waals surface area (Å²) in [5.74, 6) is 0.527. The Kier molecular flexibility index (Phi) is 4.90. The van der Waals surface area contributed by atoms with Crippen LogP contribution in [0.3, 0.4) is 0 Å². The van der Waals surface area contributed by atoms with Gasteiger partial charge in [-0.3, -0.25) is 0 Å². The van der Waals surface area contributed by atoms with Crippen molar-refractivity contribution in [3.8, 4) is 0 Å². The zero-order valence-corrected chi connectivity index (χ0v) is 10.6. The Bertz CT molecular complexity index is 389. The number of fused-ring (bicyclic) bond motifs is 1. The molecule has 0 spiro atoms. The normalized spacial score (nSPS) is 13.4. The molecule has 86 valence electrons. The second-order valence-corrected chi connectivity index (χ2v) is 3.77. The van der Waals surface area contributed by atoms with Gasteiger partial charge in [0.15, 0.2) is 0 Å². The standard InChI is InChI=1S/C12H14N2.C2H6/c1-9(2)10-5-3-4-6-12-11(10)7-13-8-14-12;1-2/h4-9H,3H2,1-2H3;1-2H3. The van der Waals surface area contributed by atoms with Crippen molar-refractivity contribution in [3.05, 3.63) is 35.9 Å². The van der Waals surface area contributed by atoms with Crippen LogP contribution in [0.1, 0.15) is 45.4 Å². The average molecular weight is 216 g/mol. The van der Waals surface area contributed by atoms with Crippen molar-refractivity contribution < 1.29 is 0 Å². The maximum absolute atomic E-state index is 4.27. The first kappa shape index (κ1) is 12.6. The Morgan fingerprint density at radius 1 is 1.25 bits per heavy atom. The van der Waals surface area contributed by atoms with Gasteiger partial charge in [0.05, 0.1) is 5.69 Å². The third kappa shape index (κ3) is 2.78. The fraction of sp³-hybridized carbons (Fsp3) is 0.429. The van der Waals surface area contributed by atoms with Gasteiger partial charge in [0.1, 0.15) is 6.33 Å². The fourth-order valence-electron chi connectivity index (χ4n) is 1.73. The summed E-state index contributed by atoms with van der Waals surface area (Å²) in [6.45, 7) is 8.40. The van der Waals surface area contributed by atoms with Crippen LogP contribution in [0, 0.1) is 5.92 Å². The molecule has 0 atom stereocenters. The third-order valence-electron chi connectivity index (χ3n) is 2.43. The highest BCUT2D eigenvalue weighted by Crippen LogP contribution is 2.27. The number of hydrogen-bond donors (Lipinski definition) is 0. The second-order valence-electron chi connectivity index (χ2n) is 3.77. The first-order valence-electron chi connectivity index (χ1n) is 5.96. The Labute approximate surface area is 98.1 Å². The summed E-state index contributed by atoms with van der Waals surface area (Å²) < 4.78 is 0. The predicted molar refractivity (Wildman–Crippen MR) is 69.8 cm³/mol. The highest BCUT2D eigenvalue weighted by Gasteiger charge is 2.12. The molecule has 0 saturated carbocycles. The predicted octanol–water partition coefficient (Wildman–Crippen LogP) is 3.96. The molecule has 16 heavy (non-hydrogen) atoms. The Morgan fingerprint density at radius 3 is 2.69 bits per heavy atom. The fourth-order valence-corrected chi connectivity index (χ4v) is 1.73. The van der Waals surface area contributed by atoms with Crippen molar-refractivity contribution in [1.29, 1.82) is 0 Å². The number of allylic oxidation sites excluding steroid dienone is 3. The Hall–Kier alpha value is -1.44. The number of hydrogen-bond acceptors (Lipinski definition) is 2. The maximum atomic E-state index is 4.27. The molecule has 0 N–H and O–H groups in total. The molecule has 0 saturated heterocycles. The van der Waals surface area contributed by atoms with Crippen LogP contribution in [0.5, 0.6) is 0 Å². The lowest BCUT2D eigenvalue weighted by Crippen LogP contribution is -1.98. The molecule has 1 heterocycles. The van der Waals surface area contributed by atoms with E-state index in [1.54, 1.807) is 6.33 Å². The molecule has 2 rings (SSSR count). The van der Waals surface area contributed by atoms with E-state index >= 15 is 0 Å². The van der Waals surface area contributed by atoms with Gasteiger partial charge in [0, 0.05) is 11.8 Å². The van der Waals surface area contributed by atoms with Gasteiger partial charge in [-0.2, -0.15) is 0 Å². The molecule has 0 radical (unpaired) electrons. The zero-order valence-electron chi connectivity index (χ0n) is 10.6. The third-order valence-corrected chi connectivity index (χ3v) is 2.43. The summed E-state index contributed by atoms with van der Waals surface area (Å²) in [7, 11) is 0. The van der Waals surface area contributed by atoms with Crippen LogP contribution in [-0.2, 0) is 0 Å². The van der Waals surface area contributed by atoms with Crippen LogP contribution in [0.15, 0.2) is 24.7 Å². The van der Waals surface area contributed by atoms with Crippen molar-refractivity contribution >= 4 is 11.6 Å². The van der Waals surface area contributed by atoms with Crippen LogP contribution < -0.4 is 0 Å². The molecule has 0 bridgehead atoms. The van der Waals surface area contributed by atoms with Crippen molar-refractivity contribution in [1.82, 2.24) is 9.97 Å². The van der Waals surface area contributed by atoms with Gasteiger partial charge in [0.2, 0.25) is 0 Å². The second kappa shape index (κ2) is 6.21. The smallest absolute Gasteiger partial charge is 0.116 e. The topological polar surface area (TPSA) is 25.8 Å². The maximum Gasteiger partial charge on any atom is 0.116 e. The molecule has 0 amide bonds. The summed E-state index contributed by atoms with van der Waals surface area (Å²) in [5.41, 5.74) is 3.57. The van der Waals surface area contributed by atoms with E-state index in [0.29, 0.717) is 5.92 Å². The minimum absolute atomic E-state index is 0.527. The van der Waals surface area contributed by atoms with Crippen molar-refractivity contribution in [2.45, 2.75) is 34.1 Å².